The van der Waals surface area contributed by atoms with E-state index < -0.39 is 0 Å². The van der Waals surface area contributed by atoms with Crippen molar-refractivity contribution in [1.82, 2.24) is 0 Å². The topological polar surface area (TPSA) is 36.9 Å². The summed E-state index contributed by atoms with van der Waals surface area (Å²) in [4.78, 5) is 0. The zero-order valence-corrected chi connectivity index (χ0v) is 4.51. The average Bonchev–Trinajstić information content (AvgIpc) is 2.14. The normalized spacial score (nSPS) is 8.50. The highest BCUT2D eigenvalue weighted by molar-refractivity contribution is 5.25. The fraction of sp³-hybridized carbons (Fsp3) is 0.167. The fourth-order valence-electron chi connectivity index (χ4n) is 0.502. The summed E-state index contributed by atoms with van der Waals surface area (Å²) in [6.07, 6.45) is 1.44. The maximum atomic E-state index is 8.24. The molecule has 0 saturated carbocycles. The van der Waals surface area contributed by atoms with E-state index >= 15 is 0 Å². The van der Waals surface area contributed by atoms with Gasteiger partial charge in [0.2, 0.25) is 0 Å². The first kappa shape index (κ1) is 4.92. The summed E-state index contributed by atoms with van der Waals surface area (Å²) in [6, 6.07) is 3.65. The number of nitriles is 1. The summed E-state index contributed by atoms with van der Waals surface area (Å²) in [7, 11) is 0. The smallest absolute Gasteiger partial charge is 0.108 e. The summed E-state index contributed by atoms with van der Waals surface area (Å²) in [5.41, 5.74) is 0.586. The first-order chi connectivity index (χ1) is 3.83. The van der Waals surface area contributed by atoms with Crippen molar-refractivity contribution in [3.63, 3.8) is 0 Å². The molecule has 0 saturated heterocycles. The molecule has 1 aromatic rings. The standard InChI is InChI=1S/C6H5NO/c1-5-2-6(3-7)4-8-5/h2,4H,1H3. The van der Waals surface area contributed by atoms with E-state index in [9.17, 15) is 0 Å². The van der Waals surface area contributed by atoms with E-state index in [1.807, 2.05) is 6.07 Å². The molecule has 8 heavy (non-hydrogen) atoms. The minimum absolute atomic E-state index is 0.586. The second-order valence-corrected chi connectivity index (χ2v) is 1.56. The second kappa shape index (κ2) is 1.71. The zero-order valence-electron chi connectivity index (χ0n) is 4.51. The predicted octanol–water partition coefficient (Wildman–Crippen LogP) is 1.46. The Kier molecular flexibility index (Phi) is 1.05. The summed E-state index contributed by atoms with van der Waals surface area (Å²) < 4.78 is 4.83. The summed E-state index contributed by atoms with van der Waals surface area (Å²) in [6.45, 7) is 1.81. The number of hydrogen-bond donors (Lipinski definition) is 0. The van der Waals surface area contributed by atoms with Gasteiger partial charge in [0, 0.05) is 0 Å². The van der Waals surface area contributed by atoms with Gasteiger partial charge in [-0.3, -0.25) is 0 Å². The van der Waals surface area contributed by atoms with Gasteiger partial charge < -0.3 is 4.42 Å². The largest absolute Gasteiger partial charge is 0.468 e. The predicted molar refractivity (Wildman–Crippen MR) is 28.2 cm³/mol. The maximum Gasteiger partial charge on any atom is 0.108 e. The number of rotatable bonds is 0. The van der Waals surface area contributed by atoms with Crippen molar-refractivity contribution in [2.75, 3.05) is 0 Å². The van der Waals surface area contributed by atoms with Crippen LogP contribution in [0.15, 0.2) is 16.7 Å². The minimum atomic E-state index is 0.586. The third kappa shape index (κ3) is 0.710. The highest BCUT2D eigenvalue weighted by Crippen LogP contribution is 2.02. The molecule has 1 aromatic heterocycles. The Morgan fingerprint density at radius 2 is 2.50 bits per heavy atom. The summed E-state index contributed by atoms with van der Waals surface area (Å²) in [5, 5.41) is 8.24. The fourth-order valence-corrected chi connectivity index (χ4v) is 0.502. The van der Waals surface area contributed by atoms with Gasteiger partial charge in [-0.25, -0.2) is 0 Å². The van der Waals surface area contributed by atoms with Crippen LogP contribution >= 0.6 is 0 Å². The van der Waals surface area contributed by atoms with Crippen molar-refractivity contribution in [3.8, 4) is 6.07 Å². The van der Waals surface area contributed by atoms with Crippen LogP contribution < -0.4 is 0 Å². The van der Waals surface area contributed by atoms with Gasteiger partial charge in [-0.2, -0.15) is 5.26 Å². The van der Waals surface area contributed by atoms with Crippen molar-refractivity contribution >= 4 is 0 Å². The lowest BCUT2D eigenvalue weighted by atomic mass is 10.3. The van der Waals surface area contributed by atoms with E-state index in [1.54, 1.807) is 13.0 Å². The Labute approximate surface area is 47.3 Å². The molecule has 0 radical (unpaired) electrons. The van der Waals surface area contributed by atoms with Crippen LogP contribution in [0.2, 0.25) is 0 Å². The molecule has 0 fully saturated rings. The molecule has 0 aliphatic rings. The Balaban J connectivity index is 3.05. The molecule has 0 spiro atoms. The van der Waals surface area contributed by atoms with Gasteiger partial charge in [-0.05, 0) is 13.0 Å². The molecule has 1 rings (SSSR count). The Bertz CT molecular complexity index is 219. The molecule has 0 bridgehead atoms. The minimum Gasteiger partial charge on any atom is -0.468 e. The van der Waals surface area contributed by atoms with Crippen LogP contribution in [0.4, 0.5) is 0 Å². The van der Waals surface area contributed by atoms with E-state index in [4.69, 9.17) is 9.68 Å². The number of hydrogen-bond acceptors (Lipinski definition) is 2. The Morgan fingerprint density at radius 3 is 2.75 bits per heavy atom. The molecule has 40 valence electrons. The molecule has 2 nitrogen and oxygen atoms in total. The molecule has 1 heterocycles. The quantitative estimate of drug-likeness (QED) is 0.503. The molecule has 0 aliphatic carbocycles. The van der Waals surface area contributed by atoms with Gasteiger partial charge in [0.05, 0.1) is 5.56 Å². The van der Waals surface area contributed by atoms with Crippen LogP contribution in [-0.4, -0.2) is 0 Å². The summed E-state index contributed by atoms with van der Waals surface area (Å²) >= 11 is 0. The van der Waals surface area contributed by atoms with E-state index in [2.05, 4.69) is 0 Å². The highest BCUT2D eigenvalue weighted by Gasteiger charge is 1.91. The molecular formula is C6H5NO. The van der Waals surface area contributed by atoms with Crippen molar-refractivity contribution in [2.24, 2.45) is 0 Å². The van der Waals surface area contributed by atoms with E-state index in [0.29, 0.717) is 5.56 Å². The Morgan fingerprint density at radius 1 is 1.75 bits per heavy atom. The van der Waals surface area contributed by atoms with Gasteiger partial charge in [0.1, 0.15) is 18.1 Å². The highest BCUT2D eigenvalue weighted by atomic mass is 16.3. The second-order valence-electron chi connectivity index (χ2n) is 1.56. The van der Waals surface area contributed by atoms with Crippen LogP contribution in [0.5, 0.6) is 0 Å². The van der Waals surface area contributed by atoms with Gasteiger partial charge in [-0.15, -0.1) is 0 Å². The maximum absolute atomic E-state index is 8.24. The average molecular weight is 107 g/mol. The first-order valence-corrected chi connectivity index (χ1v) is 2.28. The van der Waals surface area contributed by atoms with Gasteiger partial charge in [-0.1, -0.05) is 0 Å². The van der Waals surface area contributed by atoms with Crippen LogP contribution in [-0.2, 0) is 0 Å². The van der Waals surface area contributed by atoms with E-state index in [-0.39, 0.29) is 0 Å². The molecule has 0 aliphatic heterocycles. The monoisotopic (exact) mass is 107 g/mol. The molecule has 2 heteroatoms. The lowest BCUT2D eigenvalue weighted by Gasteiger charge is -1.68. The van der Waals surface area contributed by atoms with E-state index in [0.717, 1.165) is 5.76 Å². The lowest BCUT2D eigenvalue weighted by molar-refractivity contribution is 0.533. The first-order valence-electron chi connectivity index (χ1n) is 2.28. The van der Waals surface area contributed by atoms with Crippen LogP contribution in [0.25, 0.3) is 0 Å². The van der Waals surface area contributed by atoms with E-state index in [1.165, 1.54) is 6.26 Å². The van der Waals surface area contributed by atoms with Crippen LogP contribution in [0.1, 0.15) is 11.3 Å². The zero-order chi connectivity index (χ0) is 5.98. The van der Waals surface area contributed by atoms with Crippen molar-refractivity contribution in [3.05, 3.63) is 23.7 Å². The van der Waals surface area contributed by atoms with Gasteiger partial charge in [0.25, 0.3) is 0 Å². The lowest BCUT2D eigenvalue weighted by Crippen LogP contribution is -1.57. The van der Waals surface area contributed by atoms with Crippen molar-refractivity contribution in [1.29, 1.82) is 5.26 Å². The van der Waals surface area contributed by atoms with Gasteiger partial charge >= 0.3 is 0 Å². The third-order valence-corrected chi connectivity index (χ3v) is 0.860. The SMILES string of the molecule is Cc1cc(C#N)co1. The molecule has 0 atom stereocenters. The van der Waals surface area contributed by atoms with Crippen LogP contribution in [0.3, 0.4) is 0 Å². The third-order valence-electron chi connectivity index (χ3n) is 0.860. The molecular weight excluding hydrogens is 102 g/mol. The number of furan rings is 1. The number of nitrogens with zero attached hydrogens (tertiary/aromatic N) is 1. The van der Waals surface area contributed by atoms with Crippen LogP contribution in [0, 0.1) is 18.3 Å². The van der Waals surface area contributed by atoms with Gasteiger partial charge in [0.15, 0.2) is 0 Å². The van der Waals surface area contributed by atoms with Crippen molar-refractivity contribution in [2.45, 2.75) is 6.92 Å². The Hall–Kier alpha value is -1.23. The molecule has 0 amide bonds. The number of aryl methyl sites for hydroxylation is 1. The summed E-state index contributed by atoms with van der Waals surface area (Å²) in [5.74, 6) is 0.779. The molecule has 0 aromatic carbocycles. The molecule has 0 N–H and O–H groups in total. The molecule has 0 unspecified atom stereocenters. The van der Waals surface area contributed by atoms with Crippen molar-refractivity contribution < 1.29 is 4.42 Å².